The normalized spacial score (nSPS) is 27.5. The van der Waals surface area contributed by atoms with E-state index in [1.165, 1.54) is 0 Å². The fourth-order valence-corrected chi connectivity index (χ4v) is 5.09. The topological polar surface area (TPSA) is 77.5 Å². The first-order valence-electron chi connectivity index (χ1n) is 12.3. The van der Waals surface area contributed by atoms with Crippen LogP contribution in [-0.2, 0) is 28.5 Å². The Morgan fingerprint density at radius 3 is 2.12 bits per heavy atom. The molecule has 2 aliphatic heterocycles. The third kappa shape index (κ3) is 5.82. The summed E-state index contributed by atoms with van der Waals surface area (Å²) >= 11 is 0. The number of carbonyl (C=O) groups excluding carboxylic acids is 2. The Bertz CT molecular complexity index is 631. The van der Waals surface area contributed by atoms with Gasteiger partial charge in [-0.15, -0.1) is 0 Å². The summed E-state index contributed by atoms with van der Waals surface area (Å²) in [5, 5.41) is 0. The zero-order chi connectivity index (χ0) is 23.4. The van der Waals surface area contributed by atoms with Crippen molar-refractivity contribution in [1.29, 1.82) is 0 Å². The number of nitrogens with zero attached hydrogens (tertiary/aromatic N) is 2. The van der Waals surface area contributed by atoms with Gasteiger partial charge in [0.1, 0.15) is 5.60 Å². The average molecular weight is 455 g/mol. The number of esters is 2. The average Bonchev–Trinajstić information content (AvgIpc) is 3.23. The number of carbonyl (C=O) groups is 2. The van der Waals surface area contributed by atoms with Crippen molar-refractivity contribution in [2.45, 2.75) is 83.8 Å². The van der Waals surface area contributed by atoms with Crippen LogP contribution in [0.3, 0.4) is 0 Å². The smallest absolute Gasteiger partial charge is 0.371 e. The molecule has 3 fully saturated rings. The Labute approximate surface area is 192 Å². The van der Waals surface area contributed by atoms with Crippen molar-refractivity contribution in [1.82, 2.24) is 9.80 Å². The van der Waals surface area contributed by atoms with Gasteiger partial charge in [0.15, 0.2) is 0 Å². The molecule has 0 amide bonds. The SMILES string of the molecule is CCOC(=O)C1CCC(OC(C(=O)OC(C)(C)C)(N2CCCC2)N2CC(COC)C2)CC1. The maximum Gasteiger partial charge on any atom is 0.371 e. The molecule has 184 valence electrons. The monoisotopic (exact) mass is 454 g/mol. The fraction of sp³-hybridized carbons (Fsp3) is 0.917. The van der Waals surface area contributed by atoms with Crippen LogP contribution in [0, 0.1) is 11.8 Å². The van der Waals surface area contributed by atoms with E-state index in [2.05, 4.69) is 9.80 Å². The number of ether oxygens (including phenoxy) is 4. The molecule has 3 aliphatic rings. The van der Waals surface area contributed by atoms with E-state index in [9.17, 15) is 9.59 Å². The second-order valence-electron chi connectivity index (χ2n) is 10.4. The Kier molecular flexibility index (Phi) is 8.58. The van der Waals surface area contributed by atoms with Crippen molar-refractivity contribution in [3.05, 3.63) is 0 Å². The molecule has 1 atom stereocenters. The van der Waals surface area contributed by atoms with Crippen molar-refractivity contribution in [3.63, 3.8) is 0 Å². The maximum atomic E-state index is 13.8. The molecule has 0 N–H and O–H groups in total. The number of methoxy groups -OCH3 is 1. The van der Waals surface area contributed by atoms with Crippen molar-refractivity contribution < 1.29 is 28.5 Å². The van der Waals surface area contributed by atoms with Crippen molar-refractivity contribution in [3.8, 4) is 0 Å². The summed E-state index contributed by atoms with van der Waals surface area (Å²) < 4.78 is 23.3. The molecule has 0 radical (unpaired) electrons. The molecular formula is C24H42N2O6. The first kappa shape index (κ1) is 25.4. The molecule has 8 nitrogen and oxygen atoms in total. The van der Waals surface area contributed by atoms with Gasteiger partial charge in [-0.2, -0.15) is 0 Å². The van der Waals surface area contributed by atoms with E-state index < -0.39 is 11.4 Å². The molecule has 1 saturated carbocycles. The Morgan fingerprint density at radius 1 is 0.969 bits per heavy atom. The van der Waals surface area contributed by atoms with Gasteiger partial charge in [0.2, 0.25) is 0 Å². The lowest BCUT2D eigenvalue weighted by Gasteiger charge is -2.54. The third-order valence-electron chi connectivity index (χ3n) is 6.61. The van der Waals surface area contributed by atoms with Crippen LogP contribution in [0.5, 0.6) is 0 Å². The maximum absolute atomic E-state index is 13.8. The molecular weight excluding hydrogens is 412 g/mol. The van der Waals surface area contributed by atoms with Gasteiger partial charge >= 0.3 is 11.9 Å². The van der Waals surface area contributed by atoms with Crippen LogP contribution in [0.2, 0.25) is 0 Å². The van der Waals surface area contributed by atoms with Crippen LogP contribution in [0.4, 0.5) is 0 Å². The second-order valence-corrected chi connectivity index (χ2v) is 10.4. The Balaban J connectivity index is 1.79. The molecule has 1 unspecified atom stereocenters. The molecule has 3 rings (SSSR count). The molecule has 0 aromatic heterocycles. The van der Waals surface area contributed by atoms with Gasteiger partial charge < -0.3 is 18.9 Å². The van der Waals surface area contributed by atoms with Crippen molar-refractivity contribution in [2.24, 2.45) is 11.8 Å². The lowest BCUT2D eigenvalue weighted by Crippen LogP contribution is -2.73. The minimum Gasteiger partial charge on any atom is -0.466 e. The fourth-order valence-electron chi connectivity index (χ4n) is 5.09. The quantitative estimate of drug-likeness (QED) is 0.492. The molecule has 0 aromatic rings. The lowest BCUT2D eigenvalue weighted by molar-refractivity contribution is -0.295. The summed E-state index contributed by atoms with van der Waals surface area (Å²) in [6.45, 7) is 11.7. The van der Waals surface area contributed by atoms with Crippen molar-refractivity contribution >= 4 is 11.9 Å². The molecule has 0 spiro atoms. The highest BCUT2D eigenvalue weighted by Crippen LogP contribution is 2.39. The van der Waals surface area contributed by atoms with E-state index in [4.69, 9.17) is 18.9 Å². The Morgan fingerprint density at radius 2 is 1.59 bits per heavy atom. The highest BCUT2D eigenvalue weighted by atomic mass is 16.6. The largest absolute Gasteiger partial charge is 0.466 e. The van der Waals surface area contributed by atoms with Crippen LogP contribution in [0.25, 0.3) is 0 Å². The van der Waals surface area contributed by atoms with Gasteiger partial charge in [-0.1, -0.05) is 0 Å². The number of hydrogen-bond donors (Lipinski definition) is 0. The van der Waals surface area contributed by atoms with Crippen LogP contribution in [0.1, 0.15) is 66.2 Å². The standard InChI is InChI=1S/C24H42N2O6/c1-6-30-21(27)19-9-11-20(12-10-19)31-24(25-13-7-8-14-25,22(28)32-23(2,3)4)26-15-18(16-26)17-29-5/h18-20H,6-17H2,1-5H3. The zero-order valence-corrected chi connectivity index (χ0v) is 20.6. The van der Waals surface area contributed by atoms with E-state index >= 15 is 0 Å². The molecule has 2 heterocycles. The first-order chi connectivity index (χ1) is 15.2. The summed E-state index contributed by atoms with van der Waals surface area (Å²) in [6, 6.07) is 0. The lowest BCUT2D eigenvalue weighted by atomic mass is 9.87. The van der Waals surface area contributed by atoms with Gasteiger partial charge in [-0.25, -0.2) is 4.79 Å². The molecule has 1 aliphatic carbocycles. The van der Waals surface area contributed by atoms with Gasteiger partial charge in [0.25, 0.3) is 5.85 Å². The number of rotatable bonds is 9. The van der Waals surface area contributed by atoms with Crippen LogP contribution in [0.15, 0.2) is 0 Å². The minimum absolute atomic E-state index is 0.0763. The van der Waals surface area contributed by atoms with Gasteiger partial charge in [-0.05, 0) is 66.2 Å². The van der Waals surface area contributed by atoms with E-state index in [-0.39, 0.29) is 24.0 Å². The van der Waals surface area contributed by atoms with Crippen LogP contribution < -0.4 is 0 Å². The third-order valence-corrected chi connectivity index (χ3v) is 6.61. The first-order valence-corrected chi connectivity index (χ1v) is 12.3. The molecule has 8 heteroatoms. The Hall–Kier alpha value is -1.22. The minimum atomic E-state index is -1.21. The van der Waals surface area contributed by atoms with E-state index in [0.29, 0.717) is 19.1 Å². The summed E-state index contributed by atoms with van der Waals surface area (Å²) in [5.41, 5.74) is -0.607. The predicted molar refractivity (Wildman–Crippen MR) is 120 cm³/mol. The van der Waals surface area contributed by atoms with Gasteiger partial charge in [-0.3, -0.25) is 14.6 Å². The van der Waals surface area contributed by atoms with E-state index in [0.717, 1.165) is 64.7 Å². The number of likely N-dealkylation sites (tertiary alicyclic amines) is 2. The molecule has 2 saturated heterocycles. The number of hydrogen-bond acceptors (Lipinski definition) is 8. The summed E-state index contributed by atoms with van der Waals surface area (Å²) in [4.78, 5) is 30.2. The summed E-state index contributed by atoms with van der Waals surface area (Å²) in [6.07, 6.45) is 4.89. The van der Waals surface area contributed by atoms with Gasteiger partial charge in [0.05, 0.1) is 25.2 Å². The van der Waals surface area contributed by atoms with E-state index in [1.54, 1.807) is 7.11 Å². The highest BCUT2D eigenvalue weighted by Gasteiger charge is 2.58. The summed E-state index contributed by atoms with van der Waals surface area (Å²) in [5.74, 6) is -1.35. The molecule has 32 heavy (non-hydrogen) atoms. The van der Waals surface area contributed by atoms with Crippen LogP contribution in [-0.4, -0.2) is 85.8 Å². The second kappa shape index (κ2) is 10.8. The predicted octanol–water partition coefficient (Wildman–Crippen LogP) is 2.79. The molecule has 0 aromatic carbocycles. The summed E-state index contributed by atoms with van der Waals surface area (Å²) in [7, 11) is 1.71. The molecule has 0 bridgehead atoms. The van der Waals surface area contributed by atoms with E-state index in [1.807, 2.05) is 27.7 Å². The van der Waals surface area contributed by atoms with Crippen LogP contribution >= 0.6 is 0 Å². The zero-order valence-electron chi connectivity index (χ0n) is 20.6. The van der Waals surface area contributed by atoms with Gasteiger partial charge in [0, 0.05) is 39.2 Å². The highest BCUT2D eigenvalue weighted by molar-refractivity contribution is 5.79. The van der Waals surface area contributed by atoms with Crippen molar-refractivity contribution in [2.75, 3.05) is 46.5 Å².